The van der Waals surface area contributed by atoms with Crippen LogP contribution in [-0.4, -0.2) is 4.98 Å². The summed E-state index contributed by atoms with van der Waals surface area (Å²) in [5, 5.41) is 9.68. The molecule has 2 rings (SSSR count). The Labute approximate surface area is 83.2 Å². The number of fused-ring (bicyclic) bond motifs is 1. The molecule has 1 aromatic heterocycles. The van der Waals surface area contributed by atoms with Crippen LogP contribution in [0.25, 0.3) is 10.9 Å². The van der Waals surface area contributed by atoms with Gasteiger partial charge in [0, 0.05) is 18.1 Å². The first kappa shape index (κ1) is 8.83. The Morgan fingerprint density at radius 2 is 2.21 bits per heavy atom. The smallest absolute Gasteiger partial charge is 0.0621 e. The van der Waals surface area contributed by atoms with E-state index >= 15 is 0 Å². The average molecular weight is 184 g/mol. The largest absolute Gasteiger partial charge is 0.361 e. The number of hydrogen-bond donors (Lipinski definition) is 1. The topological polar surface area (TPSA) is 39.6 Å². The van der Waals surface area contributed by atoms with Crippen LogP contribution in [0.3, 0.4) is 0 Å². The van der Waals surface area contributed by atoms with Crippen molar-refractivity contribution in [1.29, 1.82) is 5.26 Å². The van der Waals surface area contributed by atoms with Gasteiger partial charge in [-0.2, -0.15) is 5.26 Å². The first-order chi connectivity index (χ1) is 6.90. The second-order valence-corrected chi connectivity index (χ2v) is 3.41. The molecule has 70 valence electrons. The van der Waals surface area contributed by atoms with Crippen LogP contribution >= 0.6 is 0 Å². The van der Waals surface area contributed by atoms with Gasteiger partial charge >= 0.3 is 0 Å². The molecule has 0 aliphatic heterocycles. The third-order valence-corrected chi connectivity index (χ3v) is 2.37. The highest BCUT2D eigenvalue weighted by molar-refractivity contribution is 5.79. The summed E-state index contributed by atoms with van der Waals surface area (Å²) in [7, 11) is 0. The van der Waals surface area contributed by atoms with Gasteiger partial charge in [0.1, 0.15) is 0 Å². The van der Waals surface area contributed by atoms with Crippen LogP contribution in [0.5, 0.6) is 0 Å². The third-order valence-electron chi connectivity index (χ3n) is 2.37. The van der Waals surface area contributed by atoms with Gasteiger partial charge in [-0.1, -0.05) is 6.07 Å². The van der Waals surface area contributed by atoms with Crippen LogP contribution < -0.4 is 0 Å². The highest BCUT2D eigenvalue weighted by atomic mass is 14.7. The Kier molecular flexibility index (Phi) is 2.51. The average Bonchev–Trinajstić information content (AvgIpc) is 2.65. The van der Waals surface area contributed by atoms with Crippen LogP contribution in [0.15, 0.2) is 30.5 Å². The van der Waals surface area contributed by atoms with E-state index in [4.69, 9.17) is 5.26 Å². The van der Waals surface area contributed by atoms with Crippen molar-refractivity contribution in [3.05, 3.63) is 36.0 Å². The van der Waals surface area contributed by atoms with Crippen LogP contribution in [0.2, 0.25) is 0 Å². The normalized spacial score (nSPS) is 10.2. The van der Waals surface area contributed by atoms with Crippen LogP contribution in [-0.2, 0) is 6.42 Å². The highest BCUT2D eigenvalue weighted by Crippen LogP contribution is 2.15. The van der Waals surface area contributed by atoms with Crippen molar-refractivity contribution < 1.29 is 0 Å². The van der Waals surface area contributed by atoms with Crippen molar-refractivity contribution in [1.82, 2.24) is 4.98 Å². The van der Waals surface area contributed by atoms with E-state index in [1.807, 2.05) is 6.20 Å². The van der Waals surface area contributed by atoms with E-state index in [9.17, 15) is 0 Å². The standard InChI is InChI=1S/C12H12N2/c13-7-2-1-3-10-4-5-12-11(9-10)6-8-14-12/h4-6,8-9,14H,1-3H2. The molecule has 0 radical (unpaired) electrons. The first-order valence-electron chi connectivity index (χ1n) is 4.83. The van der Waals surface area contributed by atoms with E-state index in [-0.39, 0.29) is 0 Å². The molecule has 1 aromatic carbocycles. The fourth-order valence-corrected chi connectivity index (χ4v) is 1.63. The number of unbranched alkanes of at least 4 members (excludes halogenated alkanes) is 1. The monoisotopic (exact) mass is 184 g/mol. The van der Waals surface area contributed by atoms with Gasteiger partial charge in [0.05, 0.1) is 6.07 Å². The van der Waals surface area contributed by atoms with E-state index in [1.165, 1.54) is 16.5 Å². The Balaban J connectivity index is 2.14. The van der Waals surface area contributed by atoms with Crippen molar-refractivity contribution in [3.8, 4) is 6.07 Å². The molecule has 0 amide bonds. The van der Waals surface area contributed by atoms with Crippen molar-refractivity contribution in [2.45, 2.75) is 19.3 Å². The first-order valence-corrected chi connectivity index (χ1v) is 4.83. The number of aromatic amines is 1. The summed E-state index contributed by atoms with van der Waals surface area (Å²) in [6, 6.07) is 10.6. The predicted octanol–water partition coefficient (Wildman–Crippen LogP) is 3.01. The SMILES string of the molecule is N#CCCCc1ccc2[nH]ccc2c1. The lowest BCUT2D eigenvalue weighted by molar-refractivity contribution is 0.851. The van der Waals surface area contributed by atoms with Crippen molar-refractivity contribution in [3.63, 3.8) is 0 Å². The van der Waals surface area contributed by atoms with E-state index in [0.717, 1.165) is 12.8 Å². The summed E-state index contributed by atoms with van der Waals surface area (Å²) in [6.45, 7) is 0. The molecule has 0 aliphatic carbocycles. The maximum atomic E-state index is 8.43. The summed E-state index contributed by atoms with van der Waals surface area (Å²) in [5.74, 6) is 0. The van der Waals surface area contributed by atoms with Gasteiger partial charge in [-0.3, -0.25) is 0 Å². The van der Waals surface area contributed by atoms with Crippen molar-refractivity contribution in [2.75, 3.05) is 0 Å². The molecule has 14 heavy (non-hydrogen) atoms. The molecule has 0 aliphatic rings. The molecular formula is C12H12N2. The highest BCUT2D eigenvalue weighted by Gasteiger charge is 1.96. The van der Waals surface area contributed by atoms with Gasteiger partial charge in [0.2, 0.25) is 0 Å². The zero-order valence-corrected chi connectivity index (χ0v) is 7.96. The third kappa shape index (κ3) is 1.77. The minimum absolute atomic E-state index is 0.644. The summed E-state index contributed by atoms with van der Waals surface area (Å²) in [4.78, 5) is 3.16. The molecule has 2 nitrogen and oxygen atoms in total. The van der Waals surface area contributed by atoms with Crippen LogP contribution in [0.1, 0.15) is 18.4 Å². The Morgan fingerprint density at radius 1 is 1.29 bits per heavy atom. The van der Waals surface area contributed by atoms with Crippen LogP contribution in [0.4, 0.5) is 0 Å². The van der Waals surface area contributed by atoms with Crippen molar-refractivity contribution >= 4 is 10.9 Å². The molecule has 0 atom stereocenters. The maximum Gasteiger partial charge on any atom is 0.0621 e. The minimum atomic E-state index is 0.644. The number of rotatable bonds is 3. The molecule has 2 aromatic rings. The molecule has 1 N–H and O–H groups in total. The maximum absolute atomic E-state index is 8.43. The van der Waals surface area contributed by atoms with E-state index in [2.05, 4.69) is 35.3 Å². The number of nitrogens with zero attached hydrogens (tertiary/aromatic N) is 1. The number of aromatic nitrogens is 1. The fourth-order valence-electron chi connectivity index (χ4n) is 1.63. The lowest BCUT2D eigenvalue weighted by atomic mass is 10.1. The predicted molar refractivity (Wildman–Crippen MR) is 56.8 cm³/mol. The molecule has 0 fully saturated rings. The van der Waals surface area contributed by atoms with Gasteiger partial charge in [-0.05, 0) is 42.0 Å². The molecule has 0 saturated carbocycles. The Hall–Kier alpha value is -1.75. The molecular weight excluding hydrogens is 172 g/mol. The second kappa shape index (κ2) is 3.97. The summed E-state index contributed by atoms with van der Waals surface area (Å²) in [5.41, 5.74) is 2.49. The van der Waals surface area contributed by atoms with Crippen LogP contribution in [0, 0.1) is 11.3 Å². The molecule has 0 spiro atoms. The molecule has 0 saturated heterocycles. The Morgan fingerprint density at radius 3 is 3.07 bits per heavy atom. The zero-order chi connectivity index (χ0) is 9.80. The van der Waals surface area contributed by atoms with Gasteiger partial charge in [-0.25, -0.2) is 0 Å². The van der Waals surface area contributed by atoms with Gasteiger partial charge < -0.3 is 4.98 Å². The lowest BCUT2D eigenvalue weighted by Gasteiger charge is -1.98. The van der Waals surface area contributed by atoms with Gasteiger partial charge in [-0.15, -0.1) is 0 Å². The lowest BCUT2D eigenvalue weighted by Crippen LogP contribution is -1.84. The summed E-state index contributed by atoms with van der Waals surface area (Å²) in [6.07, 6.45) is 4.54. The molecule has 0 unspecified atom stereocenters. The number of benzene rings is 1. The number of H-pyrrole nitrogens is 1. The van der Waals surface area contributed by atoms with Crippen molar-refractivity contribution in [2.24, 2.45) is 0 Å². The quantitative estimate of drug-likeness (QED) is 0.732. The number of nitriles is 1. The summed E-state index contributed by atoms with van der Waals surface area (Å²) < 4.78 is 0. The second-order valence-electron chi connectivity index (χ2n) is 3.41. The van der Waals surface area contributed by atoms with Gasteiger partial charge in [0.25, 0.3) is 0 Å². The molecule has 0 bridgehead atoms. The Bertz CT molecular complexity index is 462. The molecule has 1 heterocycles. The van der Waals surface area contributed by atoms with E-state index in [0.29, 0.717) is 6.42 Å². The van der Waals surface area contributed by atoms with E-state index < -0.39 is 0 Å². The fraction of sp³-hybridized carbons (Fsp3) is 0.250. The molecule has 2 heteroatoms. The summed E-state index contributed by atoms with van der Waals surface area (Å²) >= 11 is 0. The van der Waals surface area contributed by atoms with E-state index in [1.54, 1.807) is 0 Å². The number of nitrogens with one attached hydrogen (secondary N) is 1. The van der Waals surface area contributed by atoms with Gasteiger partial charge in [0.15, 0.2) is 0 Å². The number of aryl methyl sites for hydroxylation is 1. The minimum Gasteiger partial charge on any atom is -0.361 e. The zero-order valence-electron chi connectivity index (χ0n) is 7.96. The number of hydrogen-bond acceptors (Lipinski definition) is 1.